The smallest absolute Gasteiger partial charge is 0.255 e. The molecule has 1 aliphatic heterocycles. The molecule has 2 fully saturated rings. The van der Waals surface area contributed by atoms with E-state index in [1.54, 1.807) is 26.0 Å². The Hall–Kier alpha value is -3.41. The number of fused-ring (bicyclic) bond motifs is 3. The number of benzene rings is 1. The molecule has 40 heavy (non-hydrogen) atoms. The van der Waals surface area contributed by atoms with Gasteiger partial charge in [-0.15, -0.1) is 0 Å². The zero-order valence-corrected chi connectivity index (χ0v) is 23.4. The number of amides is 1. The van der Waals surface area contributed by atoms with Crippen molar-refractivity contribution >= 4 is 28.9 Å². The van der Waals surface area contributed by atoms with Crippen molar-refractivity contribution in [3.63, 3.8) is 0 Å². The highest BCUT2D eigenvalue weighted by molar-refractivity contribution is 6.25. The van der Waals surface area contributed by atoms with Crippen LogP contribution in [0.4, 0.5) is 5.69 Å². The predicted octanol–water partition coefficient (Wildman–Crippen LogP) is 1.27. The van der Waals surface area contributed by atoms with E-state index in [4.69, 9.17) is 5.73 Å². The molecule has 1 amide bonds. The summed E-state index contributed by atoms with van der Waals surface area (Å²) in [6.07, 6.45) is 1.24. The van der Waals surface area contributed by atoms with Crippen LogP contribution in [0.1, 0.15) is 57.1 Å². The molecule has 1 saturated carbocycles. The zero-order valence-electron chi connectivity index (χ0n) is 23.4. The van der Waals surface area contributed by atoms with Crippen molar-refractivity contribution < 1.29 is 39.9 Å². The lowest BCUT2D eigenvalue weighted by molar-refractivity contribution is -0.211. The Morgan fingerprint density at radius 3 is 2.23 bits per heavy atom. The van der Waals surface area contributed by atoms with Crippen LogP contribution in [-0.4, -0.2) is 92.8 Å². The number of aromatic hydroxyl groups is 1. The number of Topliss-reactive ketones (excluding diaryl/α,β-unsaturated/α-hetero) is 2. The number of aliphatic hydroxyl groups excluding tert-OH is 3. The number of rotatable bonds is 3. The number of ketones is 2. The molecule has 3 aliphatic carbocycles. The largest absolute Gasteiger partial charge is 0.508 e. The maximum absolute atomic E-state index is 14.4. The van der Waals surface area contributed by atoms with Crippen molar-refractivity contribution in [2.24, 2.45) is 16.6 Å². The molecular formula is C29H37N3O8. The molecule has 1 heterocycles. The molecule has 6 atom stereocenters. The van der Waals surface area contributed by atoms with E-state index in [0.29, 0.717) is 24.3 Å². The first kappa shape index (κ1) is 28.1. The van der Waals surface area contributed by atoms with Gasteiger partial charge in [-0.2, -0.15) is 0 Å². The number of carbonyl (C=O) groups is 3. The summed E-state index contributed by atoms with van der Waals surface area (Å²) in [5, 5.41) is 58.6. The van der Waals surface area contributed by atoms with Crippen LogP contribution >= 0.6 is 0 Å². The summed E-state index contributed by atoms with van der Waals surface area (Å²) in [5.41, 5.74) is -1.62. The van der Waals surface area contributed by atoms with Gasteiger partial charge in [-0.3, -0.25) is 19.3 Å². The van der Waals surface area contributed by atoms with E-state index in [2.05, 4.69) is 0 Å². The van der Waals surface area contributed by atoms with Crippen molar-refractivity contribution in [3.8, 4) is 5.75 Å². The molecule has 216 valence electrons. The highest BCUT2D eigenvalue weighted by Crippen LogP contribution is 2.66. The molecule has 11 heteroatoms. The normalized spacial score (nSPS) is 36.0. The molecule has 11 nitrogen and oxygen atoms in total. The van der Waals surface area contributed by atoms with Gasteiger partial charge in [0.1, 0.15) is 22.8 Å². The van der Waals surface area contributed by atoms with Crippen LogP contribution in [0.2, 0.25) is 0 Å². The molecular weight excluding hydrogens is 518 g/mol. The van der Waals surface area contributed by atoms with Crippen LogP contribution in [-0.2, 0) is 14.4 Å². The van der Waals surface area contributed by atoms with E-state index in [-0.39, 0.29) is 11.3 Å². The summed E-state index contributed by atoms with van der Waals surface area (Å²) in [7, 11) is 2.97. The third kappa shape index (κ3) is 3.08. The third-order valence-corrected chi connectivity index (χ3v) is 10.1. The molecule has 0 aromatic heterocycles. The van der Waals surface area contributed by atoms with Crippen LogP contribution in [0.25, 0.3) is 5.76 Å². The quantitative estimate of drug-likeness (QED) is 0.297. The first-order chi connectivity index (χ1) is 18.6. The van der Waals surface area contributed by atoms with Gasteiger partial charge in [0.05, 0.1) is 34.4 Å². The predicted molar refractivity (Wildman–Crippen MR) is 146 cm³/mol. The topological polar surface area (TPSA) is 185 Å². The number of nitrogens with zero attached hydrogens (tertiary/aromatic N) is 2. The van der Waals surface area contributed by atoms with Crippen molar-refractivity contribution in [1.29, 1.82) is 0 Å². The molecule has 4 aliphatic rings. The Morgan fingerprint density at radius 2 is 1.68 bits per heavy atom. The molecule has 1 aromatic rings. The minimum Gasteiger partial charge on any atom is -0.508 e. The summed E-state index contributed by atoms with van der Waals surface area (Å²) in [5.74, 6) is -6.30. The first-order valence-corrected chi connectivity index (χ1v) is 13.5. The third-order valence-electron chi connectivity index (χ3n) is 10.1. The Labute approximate surface area is 232 Å². The minimum absolute atomic E-state index is 0.00504. The van der Waals surface area contributed by atoms with Gasteiger partial charge in [0.15, 0.2) is 11.4 Å². The van der Waals surface area contributed by atoms with Crippen molar-refractivity contribution in [2.75, 3.05) is 32.1 Å². The van der Waals surface area contributed by atoms with Crippen molar-refractivity contribution in [1.82, 2.24) is 4.90 Å². The van der Waals surface area contributed by atoms with E-state index >= 15 is 0 Å². The summed E-state index contributed by atoms with van der Waals surface area (Å²) in [6, 6.07) is 2.06. The molecule has 0 bridgehead atoms. The van der Waals surface area contributed by atoms with Crippen LogP contribution in [0.15, 0.2) is 29.0 Å². The van der Waals surface area contributed by atoms with Crippen molar-refractivity contribution in [2.45, 2.75) is 63.7 Å². The molecule has 1 saturated heterocycles. The number of nitrogens with two attached hydrogens (primary N) is 1. The summed E-state index contributed by atoms with van der Waals surface area (Å²) >= 11 is 0. The lowest BCUT2D eigenvalue weighted by atomic mass is 9.42. The maximum atomic E-state index is 14.4. The fraction of sp³-hybridized carbons (Fsp3) is 0.552. The second-order valence-electron chi connectivity index (χ2n) is 12.2. The van der Waals surface area contributed by atoms with Crippen LogP contribution in [0, 0.1) is 10.8 Å². The minimum atomic E-state index is -3.00. The molecule has 5 rings (SSSR count). The van der Waals surface area contributed by atoms with Gasteiger partial charge in [0.2, 0.25) is 5.78 Å². The second kappa shape index (κ2) is 8.79. The number of piperidine rings is 1. The molecule has 0 radical (unpaired) electrons. The van der Waals surface area contributed by atoms with E-state index in [1.165, 1.54) is 25.9 Å². The number of phenolic OH excluding ortho intramolecular Hbond substituents is 1. The Balaban J connectivity index is 1.83. The Bertz CT molecular complexity index is 1410. The number of carbonyl (C=O) groups excluding carboxylic acids is 3. The van der Waals surface area contributed by atoms with E-state index in [9.17, 15) is 39.9 Å². The highest BCUT2D eigenvalue weighted by Gasteiger charge is 2.77. The number of phenols is 1. The Kier molecular flexibility index (Phi) is 6.18. The molecule has 0 spiro atoms. The van der Waals surface area contributed by atoms with Gasteiger partial charge in [0.25, 0.3) is 5.91 Å². The summed E-state index contributed by atoms with van der Waals surface area (Å²) in [6.45, 7) is 6.01. The number of aliphatic hydroxyl groups is 4. The molecule has 1 aromatic carbocycles. The monoisotopic (exact) mass is 555 g/mol. The van der Waals surface area contributed by atoms with Gasteiger partial charge in [-0.25, -0.2) is 0 Å². The summed E-state index contributed by atoms with van der Waals surface area (Å²) in [4.78, 5) is 43.6. The van der Waals surface area contributed by atoms with Gasteiger partial charge in [-0.1, -0.05) is 26.8 Å². The average Bonchev–Trinajstić information content (AvgIpc) is 2.89. The van der Waals surface area contributed by atoms with Gasteiger partial charge >= 0.3 is 0 Å². The van der Waals surface area contributed by atoms with Gasteiger partial charge in [0, 0.05) is 18.5 Å². The number of hydrogen-bond donors (Lipinski definition) is 6. The number of likely N-dealkylation sites (N-methyl/N-ethyl adjacent to an activating group) is 1. The van der Waals surface area contributed by atoms with Crippen molar-refractivity contribution in [3.05, 3.63) is 40.2 Å². The van der Waals surface area contributed by atoms with E-state index in [0.717, 1.165) is 19.3 Å². The van der Waals surface area contributed by atoms with E-state index < -0.39 is 74.6 Å². The lowest BCUT2D eigenvalue weighted by Crippen LogP contribution is -2.78. The second-order valence-corrected chi connectivity index (χ2v) is 12.2. The Morgan fingerprint density at radius 1 is 1.07 bits per heavy atom. The first-order valence-electron chi connectivity index (χ1n) is 13.5. The molecule has 0 unspecified atom stereocenters. The number of hydrogen-bond acceptors (Lipinski definition) is 10. The van der Waals surface area contributed by atoms with E-state index in [1.807, 2.05) is 4.90 Å². The van der Waals surface area contributed by atoms with Crippen LogP contribution in [0.5, 0.6) is 5.75 Å². The van der Waals surface area contributed by atoms with Crippen LogP contribution in [0.3, 0.4) is 0 Å². The zero-order chi connectivity index (χ0) is 29.7. The average molecular weight is 556 g/mol. The maximum Gasteiger partial charge on any atom is 0.255 e. The van der Waals surface area contributed by atoms with Crippen LogP contribution < -0.4 is 10.6 Å². The number of primary amides is 1. The lowest BCUT2D eigenvalue weighted by Gasteiger charge is -2.63. The fourth-order valence-electron chi connectivity index (χ4n) is 7.91. The SMILES string of the molecule is C[C@H]1c2ccc(N3CCCCC3)c(O)c2C(O)=C2C(=O)[C@]3(O)C(O)=C(C(N)=O)C(=O)[C@@H](N(C)C)[C@]3(C)[C@@H](O)[C@@]21C. The molecule has 7 N–H and O–H groups in total. The van der Waals surface area contributed by atoms with Gasteiger partial charge in [-0.05, 0) is 50.9 Å². The number of anilines is 1. The summed E-state index contributed by atoms with van der Waals surface area (Å²) < 4.78 is 0. The standard InChI is InChI=1S/C29H37N3O8/c1-13-14-9-10-15(32-11-7-6-8-12-32)19(33)16(14)20(34)18-24(37)29(40)23(36)17(25(30)38)21(35)22(31(4)5)28(29,3)26(39)27(13,18)2/h9-10,13,22,26,33-34,36,39-40H,6-8,11-12H2,1-5H3,(H2,30,38)/t13-,22+,26-,27+,28+,29+/m0/s1. The highest BCUT2D eigenvalue weighted by atomic mass is 16.4. The van der Waals surface area contributed by atoms with Gasteiger partial charge < -0.3 is 36.2 Å². The fourth-order valence-corrected chi connectivity index (χ4v) is 7.91.